The Morgan fingerprint density at radius 2 is 1.83 bits per heavy atom. The van der Waals surface area contributed by atoms with E-state index >= 15 is 0 Å². The normalized spacial score (nSPS) is 18.5. The number of carbonyl (C=O) groups excluding carboxylic acids is 3. The second-order valence-corrected chi connectivity index (χ2v) is 5.88. The van der Waals surface area contributed by atoms with Crippen molar-refractivity contribution in [2.75, 3.05) is 5.32 Å². The maximum Gasteiger partial charge on any atom is 0.286 e. The molecule has 1 heterocycles. The summed E-state index contributed by atoms with van der Waals surface area (Å²) in [6, 6.07) is 9.85. The minimum absolute atomic E-state index is 0.0277. The van der Waals surface area contributed by atoms with Crippen molar-refractivity contribution in [1.82, 2.24) is 15.8 Å². The van der Waals surface area contributed by atoms with Crippen LogP contribution < -0.4 is 16.2 Å². The van der Waals surface area contributed by atoms with Crippen LogP contribution in [0.2, 0.25) is 0 Å². The topological polar surface area (TPSA) is 103 Å². The van der Waals surface area contributed by atoms with E-state index in [0.29, 0.717) is 22.9 Å². The van der Waals surface area contributed by atoms with E-state index in [0.717, 1.165) is 6.42 Å². The maximum absolute atomic E-state index is 12.1. The summed E-state index contributed by atoms with van der Waals surface area (Å²) in [4.78, 5) is 38.5. The summed E-state index contributed by atoms with van der Waals surface area (Å²) in [6.45, 7) is 2.03. The van der Waals surface area contributed by atoms with Gasteiger partial charge in [-0.25, -0.2) is 0 Å². The van der Waals surface area contributed by atoms with Crippen molar-refractivity contribution in [1.29, 1.82) is 0 Å². The van der Waals surface area contributed by atoms with Crippen molar-refractivity contribution in [3.8, 4) is 0 Å². The number of benzene rings is 1. The van der Waals surface area contributed by atoms with E-state index in [4.69, 9.17) is 0 Å². The summed E-state index contributed by atoms with van der Waals surface area (Å²) in [6.07, 6.45) is 2.51. The fraction of sp³-hybridized carbons (Fsp3) is 0.235. The first-order valence-corrected chi connectivity index (χ1v) is 7.69. The SMILES string of the molecule is CC1CC1C(=O)Nc1cccc(C(=O)NNC(=O)c2ccc[nH]2)c1. The molecule has 3 rings (SSSR count). The fourth-order valence-corrected chi connectivity index (χ4v) is 2.39. The molecule has 1 saturated carbocycles. The van der Waals surface area contributed by atoms with Crippen LogP contribution >= 0.6 is 0 Å². The standard InChI is InChI=1S/C17H18N4O3/c1-10-8-13(10)16(23)19-12-5-2-4-11(9-12)15(22)20-21-17(24)14-6-3-7-18-14/h2-7,9-10,13,18H,8H2,1H3,(H,19,23)(H,20,22)(H,21,24). The van der Waals surface area contributed by atoms with E-state index in [1.54, 1.807) is 42.6 Å². The summed E-state index contributed by atoms with van der Waals surface area (Å²) in [5, 5.41) is 2.81. The third kappa shape index (κ3) is 3.62. The minimum atomic E-state index is -0.467. The molecule has 2 aromatic rings. The lowest BCUT2D eigenvalue weighted by Gasteiger charge is -2.09. The molecule has 2 atom stereocenters. The van der Waals surface area contributed by atoms with Gasteiger partial charge >= 0.3 is 0 Å². The number of anilines is 1. The summed E-state index contributed by atoms with van der Waals surface area (Å²) in [5.74, 6) is -0.464. The number of carbonyl (C=O) groups is 3. The van der Waals surface area contributed by atoms with Gasteiger partial charge in [-0.3, -0.25) is 25.2 Å². The number of hydrazine groups is 1. The number of aromatic nitrogens is 1. The number of hydrogen-bond donors (Lipinski definition) is 4. The molecule has 0 radical (unpaired) electrons. The van der Waals surface area contributed by atoms with E-state index in [-0.39, 0.29) is 11.8 Å². The molecule has 0 spiro atoms. The van der Waals surface area contributed by atoms with Crippen molar-refractivity contribution in [2.24, 2.45) is 11.8 Å². The van der Waals surface area contributed by atoms with E-state index in [9.17, 15) is 14.4 Å². The smallest absolute Gasteiger partial charge is 0.286 e. The third-order valence-corrected chi connectivity index (χ3v) is 3.97. The van der Waals surface area contributed by atoms with Crippen LogP contribution in [0.25, 0.3) is 0 Å². The molecular weight excluding hydrogens is 308 g/mol. The highest BCUT2D eigenvalue weighted by Gasteiger charge is 2.39. The fourth-order valence-electron chi connectivity index (χ4n) is 2.39. The molecule has 3 amide bonds. The van der Waals surface area contributed by atoms with Crippen LogP contribution in [-0.2, 0) is 4.79 Å². The number of amides is 3. The van der Waals surface area contributed by atoms with Gasteiger partial charge in [0.2, 0.25) is 5.91 Å². The Kier molecular flexibility index (Phi) is 4.33. The third-order valence-electron chi connectivity index (χ3n) is 3.97. The van der Waals surface area contributed by atoms with Crippen molar-refractivity contribution >= 4 is 23.4 Å². The summed E-state index contributed by atoms with van der Waals surface area (Å²) in [7, 11) is 0. The van der Waals surface area contributed by atoms with Crippen molar-refractivity contribution in [3.63, 3.8) is 0 Å². The Morgan fingerprint density at radius 3 is 2.50 bits per heavy atom. The average molecular weight is 326 g/mol. The molecule has 1 aromatic heterocycles. The van der Waals surface area contributed by atoms with Gasteiger partial charge in [0.15, 0.2) is 0 Å². The summed E-state index contributed by atoms with van der Waals surface area (Å²) < 4.78 is 0. The zero-order valence-electron chi connectivity index (χ0n) is 13.1. The van der Waals surface area contributed by atoms with Gasteiger partial charge in [0.05, 0.1) is 0 Å². The monoisotopic (exact) mass is 326 g/mol. The van der Waals surface area contributed by atoms with Crippen LogP contribution in [0.4, 0.5) is 5.69 Å². The number of H-pyrrole nitrogens is 1. The summed E-state index contributed by atoms with van der Waals surface area (Å²) >= 11 is 0. The lowest BCUT2D eigenvalue weighted by atomic mass is 10.2. The molecule has 1 aliphatic rings. The molecule has 1 aromatic carbocycles. The highest BCUT2D eigenvalue weighted by molar-refractivity contribution is 6.00. The Balaban J connectivity index is 1.57. The zero-order valence-corrected chi connectivity index (χ0v) is 13.1. The predicted octanol–water partition coefficient (Wildman–Crippen LogP) is 1.68. The molecule has 0 aliphatic heterocycles. The van der Waals surface area contributed by atoms with Crippen molar-refractivity contribution in [3.05, 3.63) is 53.9 Å². The van der Waals surface area contributed by atoms with Crippen LogP contribution in [0.15, 0.2) is 42.6 Å². The molecule has 0 bridgehead atoms. The van der Waals surface area contributed by atoms with Gasteiger partial charge in [-0.05, 0) is 42.7 Å². The quantitative estimate of drug-likeness (QED) is 0.643. The lowest BCUT2D eigenvalue weighted by Crippen LogP contribution is -2.41. The van der Waals surface area contributed by atoms with Crippen LogP contribution in [0.3, 0.4) is 0 Å². The van der Waals surface area contributed by atoms with Gasteiger partial charge in [0.25, 0.3) is 11.8 Å². The Bertz CT molecular complexity index is 770. The molecule has 4 N–H and O–H groups in total. The van der Waals surface area contributed by atoms with Gasteiger partial charge in [-0.2, -0.15) is 0 Å². The predicted molar refractivity (Wildman–Crippen MR) is 88.1 cm³/mol. The highest BCUT2D eigenvalue weighted by Crippen LogP contribution is 2.38. The first-order chi connectivity index (χ1) is 11.5. The molecular formula is C17H18N4O3. The average Bonchev–Trinajstić information content (AvgIpc) is 3.08. The molecule has 124 valence electrons. The van der Waals surface area contributed by atoms with Crippen LogP contribution in [0, 0.1) is 11.8 Å². The molecule has 0 saturated heterocycles. The molecule has 7 nitrogen and oxygen atoms in total. The number of nitrogens with one attached hydrogen (secondary N) is 4. The Labute approximate surface area is 138 Å². The van der Waals surface area contributed by atoms with Crippen LogP contribution in [0.1, 0.15) is 34.2 Å². The van der Waals surface area contributed by atoms with E-state index in [1.807, 2.05) is 6.92 Å². The first-order valence-electron chi connectivity index (χ1n) is 7.69. The molecule has 1 aliphatic carbocycles. The number of rotatable bonds is 4. The highest BCUT2D eigenvalue weighted by atomic mass is 16.2. The largest absolute Gasteiger partial charge is 0.357 e. The van der Waals surface area contributed by atoms with Crippen molar-refractivity contribution < 1.29 is 14.4 Å². The second-order valence-electron chi connectivity index (χ2n) is 5.88. The van der Waals surface area contributed by atoms with Crippen LogP contribution in [-0.4, -0.2) is 22.7 Å². The molecule has 1 fully saturated rings. The van der Waals surface area contributed by atoms with Crippen molar-refractivity contribution in [2.45, 2.75) is 13.3 Å². The lowest BCUT2D eigenvalue weighted by molar-refractivity contribution is -0.117. The minimum Gasteiger partial charge on any atom is -0.357 e. The van der Waals surface area contributed by atoms with Gasteiger partial charge < -0.3 is 10.3 Å². The van der Waals surface area contributed by atoms with E-state index in [2.05, 4.69) is 21.2 Å². The second kappa shape index (κ2) is 6.57. The van der Waals surface area contributed by atoms with E-state index in [1.165, 1.54) is 0 Å². The molecule has 7 heteroatoms. The van der Waals surface area contributed by atoms with Gasteiger partial charge in [-0.1, -0.05) is 13.0 Å². The van der Waals surface area contributed by atoms with Gasteiger partial charge in [-0.15, -0.1) is 0 Å². The number of hydrogen-bond acceptors (Lipinski definition) is 3. The number of aromatic amines is 1. The zero-order chi connectivity index (χ0) is 17.1. The molecule has 24 heavy (non-hydrogen) atoms. The Morgan fingerprint density at radius 1 is 1.08 bits per heavy atom. The molecule has 2 unspecified atom stereocenters. The van der Waals surface area contributed by atoms with E-state index < -0.39 is 11.8 Å². The first kappa shape index (κ1) is 15.8. The van der Waals surface area contributed by atoms with Gasteiger partial charge in [0, 0.05) is 23.4 Å². The van der Waals surface area contributed by atoms with Crippen LogP contribution in [0.5, 0.6) is 0 Å². The van der Waals surface area contributed by atoms with Gasteiger partial charge in [0.1, 0.15) is 5.69 Å². The Hall–Kier alpha value is -3.09. The summed E-state index contributed by atoms with van der Waals surface area (Å²) in [5.41, 5.74) is 5.90. The maximum atomic E-state index is 12.1.